The van der Waals surface area contributed by atoms with Crippen molar-refractivity contribution in [1.29, 1.82) is 0 Å². The summed E-state index contributed by atoms with van der Waals surface area (Å²) in [6, 6.07) is 0. The van der Waals surface area contributed by atoms with E-state index in [1.807, 2.05) is 0 Å². The first-order valence-electron chi connectivity index (χ1n) is 6.93. The fourth-order valence-corrected chi connectivity index (χ4v) is 2.90. The monoisotopic (exact) mass is 247 g/mol. The van der Waals surface area contributed by atoms with Gasteiger partial charge in [-0.3, -0.25) is 0 Å². The summed E-state index contributed by atoms with van der Waals surface area (Å²) in [4.78, 5) is 8.96. The van der Waals surface area contributed by atoms with Crippen molar-refractivity contribution in [2.75, 3.05) is 24.1 Å². The second-order valence-corrected chi connectivity index (χ2v) is 5.32. The van der Waals surface area contributed by atoms with E-state index in [1.54, 1.807) is 0 Å². The van der Waals surface area contributed by atoms with Crippen molar-refractivity contribution in [3.05, 3.63) is 11.3 Å². The SMILES string of the molecule is Nc1nc(NCC2CCCC2)nc2c1CNCC2. The number of nitrogens with two attached hydrogens (primary N) is 1. The molecule has 0 saturated heterocycles. The molecule has 1 fully saturated rings. The van der Waals surface area contributed by atoms with Crippen LogP contribution in [-0.4, -0.2) is 23.1 Å². The van der Waals surface area contributed by atoms with E-state index in [4.69, 9.17) is 5.73 Å². The normalized spacial score (nSPS) is 19.8. The molecule has 0 radical (unpaired) electrons. The summed E-state index contributed by atoms with van der Waals surface area (Å²) in [5.74, 6) is 2.12. The molecule has 4 N–H and O–H groups in total. The van der Waals surface area contributed by atoms with Gasteiger partial charge < -0.3 is 16.4 Å². The van der Waals surface area contributed by atoms with E-state index in [0.29, 0.717) is 11.8 Å². The van der Waals surface area contributed by atoms with Crippen LogP contribution in [0.15, 0.2) is 0 Å². The van der Waals surface area contributed by atoms with E-state index < -0.39 is 0 Å². The van der Waals surface area contributed by atoms with Gasteiger partial charge in [-0.2, -0.15) is 4.98 Å². The van der Waals surface area contributed by atoms with E-state index in [1.165, 1.54) is 25.7 Å². The Morgan fingerprint density at radius 3 is 2.94 bits per heavy atom. The first-order chi connectivity index (χ1) is 8.83. The minimum absolute atomic E-state index is 0.626. The van der Waals surface area contributed by atoms with Crippen LogP contribution >= 0.6 is 0 Å². The van der Waals surface area contributed by atoms with E-state index in [0.717, 1.165) is 43.2 Å². The molecule has 0 amide bonds. The van der Waals surface area contributed by atoms with Gasteiger partial charge in [0.05, 0.1) is 5.69 Å². The molecule has 1 aliphatic heterocycles. The Kier molecular flexibility index (Phi) is 3.32. The fraction of sp³-hybridized carbons (Fsp3) is 0.692. The van der Waals surface area contributed by atoms with Crippen molar-refractivity contribution in [2.24, 2.45) is 5.92 Å². The Labute approximate surface area is 108 Å². The van der Waals surface area contributed by atoms with Crippen molar-refractivity contribution < 1.29 is 0 Å². The molecule has 5 heteroatoms. The number of nitrogens with one attached hydrogen (secondary N) is 2. The third-order valence-corrected chi connectivity index (χ3v) is 3.99. The van der Waals surface area contributed by atoms with Crippen LogP contribution in [0.5, 0.6) is 0 Å². The predicted octanol–water partition coefficient (Wildman–Crippen LogP) is 1.31. The van der Waals surface area contributed by atoms with Crippen LogP contribution < -0.4 is 16.4 Å². The standard InChI is InChI=1S/C13H21N5/c14-12-10-8-15-6-5-11(10)17-13(18-12)16-7-9-3-1-2-4-9/h9,15H,1-8H2,(H3,14,16,17,18). The molecule has 0 bridgehead atoms. The molecule has 1 aromatic rings. The fourth-order valence-electron chi connectivity index (χ4n) is 2.90. The minimum Gasteiger partial charge on any atom is -0.383 e. The maximum absolute atomic E-state index is 5.99. The van der Waals surface area contributed by atoms with Crippen molar-refractivity contribution in [1.82, 2.24) is 15.3 Å². The highest BCUT2D eigenvalue weighted by molar-refractivity contribution is 5.48. The lowest BCUT2D eigenvalue weighted by Gasteiger charge is -2.19. The second-order valence-electron chi connectivity index (χ2n) is 5.32. The molecule has 5 nitrogen and oxygen atoms in total. The summed E-state index contributed by atoms with van der Waals surface area (Å²) < 4.78 is 0. The highest BCUT2D eigenvalue weighted by Gasteiger charge is 2.18. The molecule has 0 spiro atoms. The van der Waals surface area contributed by atoms with E-state index >= 15 is 0 Å². The summed E-state index contributed by atoms with van der Waals surface area (Å²) in [6.45, 7) is 2.76. The van der Waals surface area contributed by atoms with Crippen molar-refractivity contribution in [3.63, 3.8) is 0 Å². The maximum atomic E-state index is 5.99. The lowest BCUT2D eigenvalue weighted by molar-refractivity contribution is 0.576. The Bertz CT molecular complexity index is 426. The molecule has 3 rings (SSSR count). The van der Waals surface area contributed by atoms with Crippen molar-refractivity contribution in [3.8, 4) is 0 Å². The van der Waals surface area contributed by atoms with Gasteiger partial charge in [-0.05, 0) is 18.8 Å². The Morgan fingerprint density at radius 1 is 1.28 bits per heavy atom. The molecular formula is C13H21N5. The number of anilines is 2. The van der Waals surface area contributed by atoms with E-state index in [9.17, 15) is 0 Å². The van der Waals surface area contributed by atoms with E-state index in [2.05, 4.69) is 20.6 Å². The highest BCUT2D eigenvalue weighted by atomic mass is 15.1. The van der Waals surface area contributed by atoms with Crippen LogP contribution in [0.1, 0.15) is 36.9 Å². The third-order valence-electron chi connectivity index (χ3n) is 3.99. The van der Waals surface area contributed by atoms with Crippen LogP contribution in [0.3, 0.4) is 0 Å². The largest absolute Gasteiger partial charge is 0.383 e. The minimum atomic E-state index is 0.626. The molecule has 0 unspecified atom stereocenters. The molecule has 2 aliphatic rings. The van der Waals surface area contributed by atoms with Gasteiger partial charge >= 0.3 is 0 Å². The zero-order valence-corrected chi connectivity index (χ0v) is 10.7. The summed E-state index contributed by atoms with van der Waals surface area (Å²) in [5, 5.41) is 6.65. The number of rotatable bonds is 3. The Morgan fingerprint density at radius 2 is 2.11 bits per heavy atom. The molecule has 18 heavy (non-hydrogen) atoms. The van der Waals surface area contributed by atoms with Crippen LogP contribution in [-0.2, 0) is 13.0 Å². The van der Waals surface area contributed by atoms with Crippen LogP contribution in [0.25, 0.3) is 0 Å². The van der Waals surface area contributed by atoms with Crippen LogP contribution in [0, 0.1) is 5.92 Å². The predicted molar refractivity (Wildman–Crippen MR) is 72.3 cm³/mol. The molecular weight excluding hydrogens is 226 g/mol. The van der Waals surface area contributed by atoms with Gasteiger partial charge in [-0.15, -0.1) is 0 Å². The number of nitrogen functional groups attached to an aromatic ring is 1. The highest BCUT2D eigenvalue weighted by Crippen LogP contribution is 2.25. The molecule has 98 valence electrons. The zero-order chi connectivity index (χ0) is 12.4. The number of nitrogens with zero attached hydrogens (tertiary/aromatic N) is 2. The maximum Gasteiger partial charge on any atom is 0.224 e. The molecule has 1 aromatic heterocycles. The first kappa shape index (κ1) is 11.7. The average molecular weight is 247 g/mol. The molecule has 2 heterocycles. The number of hydrogen-bond acceptors (Lipinski definition) is 5. The molecule has 1 aliphatic carbocycles. The lowest BCUT2D eigenvalue weighted by Crippen LogP contribution is -2.27. The summed E-state index contributed by atoms with van der Waals surface area (Å²) >= 11 is 0. The first-order valence-corrected chi connectivity index (χ1v) is 6.93. The number of aromatic nitrogens is 2. The number of hydrogen-bond donors (Lipinski definition) is 3. The van der Waals surface area contributed by atoms with Gasteiger partial charge in [-0.1, -0.05) is 12.8 Å². The quantitative estimate of drug-likeness (QED) is 0.750. The summed E-state index contributed by atoms with van der Waals surface area (Å²) in [7, 11) is 0. The topological polar surface area (TPSA) is 75.9 Å². The van der Waals surface area contributed by atoms with Gasteiger partial charge in [0.15, 0.2) is 0 Å². The Hall–Kier alpha value is -1.36. The van der Waals surface area contributed by atoms with Crippen molar-refractivity contribution in [2.45, 2.75) is 38.6 Å². The molecule has 0 aromatic carbocycles. The van der Waals surface area contributed by atoms with Crippen molar-refractivity contribution >= 4 is 11.8 Å². The third kappa shape index (κ3) is 2.41. The van der Waals surface area contributed by atoms with Crippen LogP contribution in [0.4, 0.5) is 11.8 Å². The summed E-state index contributed by atoms with van der Waals surface area (Å²) in [6.07, 6.45) is 6.34. The van der Waals surface area contributed by atoms with Gasteiger partial charge in [0.1, 0.15) is 5.82 Å². The molecule has 0 atom stereocenters. The lowest BCUT2D eigenvalue weighted by atomic mass is 10.1. The average Bonchev–Trinajstić information content (AvgIpc) is 2.90. The Balaban J connectivity index is 1.70. The smallest absolute Gasteiger partial charge is 0.224 e. The van der Waals surface area contributed by atoms with Gasteiger partial charge in [0.2, 0.25) is 5.95 Å². The molecule has 1 saturated carbocycles. The number of fused-ring (bicyclic) bond motifs is 1. The van der Waals surface area contributed by atoms with Gasteiger partial charge in [-0.25, -0.2) is 4.98 Å². The summed E-state index contributed by atoms with van der Waals surface area (Å²) in [5.41, 5.74) is 8.18. The second kappa shape index (κ2) is 5.10. The zero-order valence-electron chi connectivity index (χ0n) is 10.7. The van der Waals surface area contributed by atoms with Gasteiger partial charge in [0, 0.05) is 31.6 Å². The van der Waals surface area contributed by atoms with E-state index in [-0.39, 0.29) is 0 Å². The van der Waals surface area contributed by atoms with Crippen LogP contribution in [0.2, 0.25) is 0 Å². The van der Waals surface area contributed by atoms with Gasteiger partial charge in [0.25, 0.3) is 0 Å².